The summed E-state index contributed by atoms with van der Waals surface area (Å²) in [6.45, 7) is 1.49. The van der Waals surface area contributed by atoms with Gasteiger partial charge in [-0.2, -0.15) is 0 Å². The van der Waals surface area contributed by atoms with Crippen LogP contribution in [0.5, 0.6) is 5.75 Å². The van der Waals surface area contributed by atoms with Gasteiger partial charge in [0.15, 0.2) is 17.7 Å². The number of fused-ring (bicyclic) bond motifs is 1. The van der Waals surface area contributed by atoms with E-state index in [9.17, 15) is 14.0 Å². The molecule has 29 heavy (non-hydrogen) atoms. The zero-order chi connectivity index (χ0) is 20.8. The van der Waals surface area contributed by atoms with Crippen molar-refractivity contribution in [2.75, 3.05) is 12.4 Å². The van der Waals surface area contributed by atoms with E-state index in [-0.39, 0.29) is 5.75 Å². The minimum Gasteiger partial charge on any atom is -0.494 e. The van der Waals surface area contributed by atoms with Gasteiger partial charge in [0.2, 0.25) is 0 Å². The van der Waals surface area contributed by atoms with Gasteiger partial charge in [-0.15, -0.1) is 0 Å². The molecule has 3 aromatic rings. The predicted octanol–water partition coefficient (Wildman–Crippen LogP) is 4.57. The number of ether oxygens (including phenoxy) is 2. The molecule has 0 aliphatic rings. The van der Waals surface area contributed by atoms with E-state index in [1.165, 1.54) is 32.2 Å². The van der Waals surface area contributed by atoms with Gasteiger partial charge in [-0.3, -0.25) is 4.79 Å². The van der Waals surface area contributed by atoms with Crippen LogP contribution in [-0.2, 0) is 14.3 Å². The highest BCUT2D eigenvalue weighted by molar-refractivity contribution is 6.04. The molecule has 0 aliphatic heterocycles. The molecule has 0 bridgehead atoms. The summed E-state index contributed by atoms with van der Waals surface area (Å²) in [4.78, 5) is 24.4. The van der Waals surface area contributed by atoms with Gasteiger partial charge in [0, 0.05) is 17.1 Å². The van der Waals surface area contributed by atoms with Crippen molar-refractivity contribution in [3.05, 3.63) is 78.1 Å². The Morgan fingerprint density at radius 1 is 1.07 bits per heavy atom. The Kier molecular flexibility index (Phi) is 6.24. The van der Waals surface area contributed by atoms with Gasteiger partial charge in [-0.05, 0) is 42.1 Å². The van der Waals surface area contributed by atoms with Gasteiger partial charge in [0.1, 0.15) is 0 Å². The predicted molar refractivity (Wildman–Crippen MR) is 110 cm³/mol. The van der Waals surface area contributed by atoms with E-state index in [0.29, 0.717) is 11.3 Å². The summed E-state index contributed by atoms with van der Waals surface area (Å²) >= 11 is 0. The second-order valence-corrected chi connectivity index (χ2v) is 6.32. The van der Waals surface area contributed by atoms with E-state index in [1.807, 2.05) is 36.4 Å². The lowest BCUT2D eigenvalue weighted by atomic mass is 10.1. The lowest BCUT2D eigenvalue weighted by Gasteiger charge is -2.14. The molecule has 0 spiro atoms. The van der Waals surface area contributed by atoms with Crippen LogP contribution in [0.4, 0.5) is 10.1 Å². The Bertz CT molecular complexity index is 1070. The van der Waals surface area contributed by atoms with Crippen molar-refractivity contribution in [3.8, 4) is 5.75 Å². The number of hydrogen-bond donors (Lipinski definition) is 1. The molecule has 3 rings (SSSR count). The largest absolute Gasteiger partial charge is 0.494 e. The molecule has 6 heteroatoms. The molecule has 0 aliphatic carbocycles. The molecule has 0 radical (unpaired) electrons. The third kappa shape index (κ3) is 4.99. The zero-order valence-corrected chi connectivity index (χ0v) is 16.0. The van der Waals surface area contributed by atoms with Gasteiger partial charge in [-0.25, -0.2) is 9.18 Å². The number of anilines is 1. The number of rotatable bonds is 6. The van der Waals surface area contributed by atoms with Crippen molar-refractivity contribution in [3.63, 3.8) is 0 Å². The summed E-state index contributed by atoms with van der Waals surface area (Å²) in [6, 6.07) is 17.5. The lowest BCUT2D eigenvalue weighted by molar-refractivity contribution is -0.148. The fraction of sp³-hybridized carbons (Fsp3) is 0.130. The van der Waals surface area contributed by atoms with Crippen LogP contribution in [0.1, 0.15) is 12.5 Å². The average Bonchev–Trinajstić information content (AvgIpc) is 2.72. The Hall–Kier alpha value is -3.67. The number of nitrogens with one attached hydrogen (secondary N) is 1. The van der Waals surface area contributed by atoms with E-state index in [2.05, 4.69) is 5.32 Å². The molecular formula is C23H20FNO4. The standard InChI is InChI=1S/C23H20FNO4/c1-15(23(27)25-20-9-5-7-17-6-3-4-8-18(17)20)29-22(26)13-11-16-10-12-21(28-2)19(24)14-16/h3-15H,1-2H3,(H,25,27)/b13-11+/t15-/m1/s1. The molecule has 3 aromatic carbocycles. The second-order valence-electron chi connectivity index (χ2n) is 6.32. The van der Waals surface area contributed by atoms with Crippen molar-refractivity contribution in [1.29, 1.82) is 0 Å². The summed E-state index contributed by atoms with van der Waals surface area (Å²) in [5.74, 6) is -1.57. The first-order chi connectivity index (χ1) is 14.0. The summed E-state index contributed by atoms with van der Waals surface area (Å²) in [6.07, 6.45) is 1.54. The van der Waals surface area contributed by atoms with Crippen LogP contribution in [0, 0.1) is 5.82 Å². The average molecular weight is 393 g/mol. The van der Waals surface area contributed by atoms with E-state index in [0.717, 1.165) is 16.8 Å². The Morgan fingerprint density at radius 2 is 1.83 bits per heavy atom. The van der Waals surface area contributed by atoms with Crippen LogP contribution in [0.15, 0.2) is 66.7 Å². The summed E-state index contributed by atoms with van der Waals surface area (Å²) < 4.78 is 23.7. The van der Waals surface area contributed by atoms with Crippen LogP contribution in [-0.4, -0.2) is 25.1 Å². The summed E-state index contributed by atoms with van der Waals surface area (Å²) in [5.41, 5.74) is 1.10. The van der Waals surface area contributed by atoms with Crippen molar-refractivity contribution in [1.82, 2.24) is 0 Å². The quantitative estimate of drug-likeness (QED) is 0.492. The molecule has 5 nitrogen and oxygen atoms in total. The fourth-order valence-corrected chi connectivity index (χ4v) is 2.79. The molecule has 1 N–H and O–H groups in total. The van der Waals surface area contributed by atoms with Gasteiger partial charge in [0.05, 0.1) is 7.11 Å². The lowest BCUT2D eigenvalue weighted by Crippen LogP contribution is -2.29. The highest BCUT2D eigenvalue weighted by Gasteiger charge is 2.17. The van der Waals surface area contributed by atoms with Gasteiger partial charge in [0.25, 0.3) is 5.91 Å². The third-order valence-corrected chi connectivity index (χ3v) is 4.30. The number of carbonyl (C=O) groups excluding carboxylic acids is 2. The van der Waals surface area contributed by atoms with Crippen molar-refractivity contribution in [2.24, 2.45) is 0 Å². The first kappa shape index (κ1) is 20.1. The fourth-order valence-electron chi connectivity index (χ4n) is 2.79. The van der Waals surface area contributed by atoms with Crippen LogP contribution < -0.4 is 10.1 Å². The molecule has 0 fully saturated rings. The van der Waals surface area contributed by atoms with E-state index < -0.39 is 23.8 Å². The highest BCUT2D eigenvalue weighted by atomic mass is 19.1. The number of amides is 1. The maximum Gasteiger partial charge on any atom is 0.331 e. The number of hydrogen-bond acceptors (Lipinski definition) is 4. The highest BCUT2D eigenvalue weighted by Crippen LogP contribution is 2.23. The van der Waals surface area contributed by atoms with Crippen LogP contribution in [0.2, 0.25) is 0 Å². The molecule has 1 atom stereocenters. The Balaban J connectivity index is 1.61. The number of benzene rings is 3. The van der Waals surface area contributed by atoms with Crippen LogP contribution >= 0.6 is 0 Å². The van der Waals surface area contributed by atoms with Crippen molar-refractivity contribution >= 4 is 34.4 Å². The third-order valence-electron chi connectivity index (χ3n) is 4.30. The van der Waals surface area contributed by atoms with Gasteiger partial charge in [-0.1, -0.05) is 42.5 Å². The van der Waals surface area contributed by atoms with Gasteiger partial charge < -0.3 is 14.8 Å². The zero-order valence-electron chi connectivity index (χ0n) is 16.0. The first-order valence-corrected chi connectivity index (χ1v) is 8.99. The number of halogens is 1. The molecule has 0 heterocycles. The molecule has 0 unspecified atom stereocenters. The van der Waals surface area contributed by atoms with Crippen molar-refractivity contribution in [2.45, 2.75) is 13.0 Å². The van der Waals surface area contributed by atoms with E-state index in [4.69, 9.17) is 9.47 Å². The summed E-state index contributed by atoms with van der Waals surface area (Å²) in [7, 11) is 1.37. The normalized spacial score (nSPS) is 12.0. The van der Waals surface area contributed by atoms with Crippen molar-refractivity contribution < 1.29 is 23.5 Å². The molecule has 0 saturated heterocycles. The van der Waals surface area contributed by atoms with Crippen LogP contribution in [0.3, 0.4) is 0 Å². The minimum absolute atomic E-state index is 0.114. The maximum absolute atomic E-state index is 13.7. The van der Waals surface area contributed by atoms with Crippen LogP contribution in [0.25, 0.3) is 16.8 Å². The number of esters is 1. The topological polar surface area (TPSA) is 64.6 Å². The van der Waals surface area contributed by atoms with E-state index >= 15 is 0 Å². The minimum atomic E-state index is -1.00. The molecule has 1 amide bonds. The van der Waals surface area contributed by atoms with Gasteiger partial charge >= 0.3 is 5.97 Å². The Labute approximate surface area is 167 Å². The number of carbonyl (C=O) groups is 2. The molecule has 0 saturated carbocycles. The maximum atomic E-state index is 13.7. The SMILES string of the molecule is COc1ccc(/C=C/C(=O)O[C@H](C)C(=O)Nc2cccc3ccccc23)cc1F. The summed E-state index contributed by atoms with van der Waals surface area (Å²) in [5, 5.41) is 4.66. The first-order valence-electron chi connectivity index (χ1n) is 8.99. The second kappa shape index (κ2) is 9.01. The smallest absolute Gasteiger partial charge is 0.331 e. The van der Waals surface area contributed by atoms with E-state index in [1.54, 1.807) is 12.1 Å². The molecule has 0 aromatic heterocycles. The molecule has 148 valence electrons. The Morgan fingerprint density at radius 3 is 2.59 bits per heavy atom. The monoisotopic (exact) mass is 393 g/mol. The molecular weight excluding hydrogens is 373 g/mol. The number of methoxy groups -OCH3 is 1.